The molecule has 2 N–H and O–H groups in total. The molecule has 112 valence electrons. The lowest BCUT2D eigenvalue weighted by Gasteiger charge is -2.08. The molecule has 22 heavy (non-hydrogen) atoms. The van der Waals surface area contributed by atoms with Gasteiger partial charge in [0.25, 0.3) is 0 Å². The summed E-state index contributed by atoms with van der Waals surface area (Å²) in [5.41, 5.74) is 1.33. The van der Waals surface area contributed by atoms with Gasteiger partial charge < -0.3 is 9.83 Å². The normalized spacial score (nSPS) is 9.73. The molecular weight excluding hydrogens is 296 g/mol. The number of nitrogens with zero attached hydrogens (tertiary/aromatic N) is 1. The maximum absolute atomic E-state index is 10.9. The molecule has 1 aromatic heterocycles. The van der Waals surface area contributed by atoms with Crippen LogP contribution in [0, 0.1) is 0 Å². The molecule has 0 fully saturated rings. The molecule has 0 aliphatic heterocycles. The van der Waals surface area contributed by atoms with Gasteiger partial charge in [0.05, 0.1) is 11.3 Å². The van der Waals surface area contributed by atoms with E-state index in [1.807, 2.05) is 12.1 Å². The Morgan fingerprint density at radius 3 is 2.64 bits per heavy atom. The Balaban J connectivity index is 0.000000847. The van der Waals surface area contributed by atoms with E-state index in [0.29, 0.717) is 5.56 Å². The number of aliphatic hydroxyl groups excluding tert-OH is 1. The third-order valence-corrected chi connectivity index (χ3v) is 3.79. The van der Waals surface area contributed by atoms with Gasteiger partial charge in [0.2, 0.25) is 0 Å². The van der Waals surface area contributed by atoms with Gasteiger partial charge in [-0.3, -0.25) is 9.78 Å². The Morgan fingerprint density at radius 2 is 1.86 bits per heavy atom. The fraction of sp³-hybridized carbons (Fsp3) is 0.0588. The Kier molecular flexibility index (Phi) is 5.94. The molecule has 0 saturated carbocycles. The largest absolute Gasteiger partial charge is 0.400 e. The molecule has 0 aliphatic rings. The van der Waals surface area contributed by atoms with E-state index in [1.54, 1.807) is 18.5 Å². The molecule has 0 spiro atoms. The van der Waals surface area contributed by atoms with E-state index >= 15 is 0 Å². The van der Waals surface area contributed by atoms with Crippen molar-refractivity contribution in [2.24, 2.45) is 0 Å². The highest BCUT2D eigenvalue weighted by Gasteiger charge is 2.02. The van der Waals surface area contributed by atoms with Gasteiger partial charge in [-0.05, 0) is 40.9 Å². The highest BCUT2D eigenvalue weighted by atomic mass is 32.2. The molecular formula is C17H16N2O2S. The molecule has 0 radical (unpaired) electrons. The van der Waals surface area contributed by atoms with Crippen LogP contribution in [0.25, 0.3) is 10.8 Å². The van der Waals surface area contributed by atoms with Crippen LogP contribution in [0.4, 0.5) is 5.69 Å². The summed E-state index contributed by atoms with van der Waals surface area (Å²) in [6.07, 6.45) is 4.02. The van der Waals surface area contributed by atoms with Crippen LogP contribution < -0.4 is 4.72 Å². The Morgan fingerprint density at radius 1 is 1.09 bits per heavy atom. The smallest absolute Gasteiger partial charge is 0.153 e. The minimum atomic E-state index is 0.556. The van der Waals surface area contributed by atoms with E-state index in [0.717, 1.165) is 24.0 Å². The van der Waals surface area contributed by atoms with Gasteiger partial charge in [0.1, 0.15) is 0 Å². The van der Waals surface area contributed by atoms with Gasteiger partial charge in [-0.1, -0.05) is 30.3 Å². The first-order chi connectivity index (χ1) is 10.9. The second-order valence-electron chi connectivity index (χ2n) is 4.29. The summed E-state index contributed by atoms with van der Waals surface area (Å²) in [5.74, 6) is 0. The molecule has 3 rings (SSSR count). The molecule has 5 heteroatoms. The van der Waals surface area contributed by atoms with Crippen molar-refractivity contribution < 1.29 is 9.90 Å². The van der Waals surface area contributed by atoms with Gasteiger partial charge in [-0.15, -0.1) is 0 Å². The maximum atomic E-state index is 10.9. The van der Waals surface area contributed by atoms with Crippen LogP contribution in [0.5, 0.6) is 0 Å². The van der Waals surface area contributed by atoms with E-state index < -0.39 is 0 Å². The molecule has 3 aromatic rings. The van der Waals surface area contributed by atoms with Crippen molar-refractivity contribution in [3.05, 3.63) is 66.5 Å². The van der Waals surface area contributed by atoms with E-state index in [4.69, 9.17) is 5.11 Å². The summed E-state index contributed by atoms with van der Waals surface area (Å²) in [5, 5.41) is 9.42. The third-order valence-electron chi connectivity index (χ3n) is 2.98. The average molecular weight is 312 g/mol. The zero-order valence-electron chi connectivity index (χ0n) is 12.1. The summed E-state index contributed by atoms with van der Waals surface area (Å²) < 4.78 is 3.19. The quantitative estimate of drug-likeness (QED) is 0.567. The summed E-state index contributed by atoms with van der Waals surface area (Å²) >= 11 is 1.48. The van der Waals surface area contributed by atoms with Gasteiger partial charge in [-0.2, -0.15) is 0 Å². The fourth-order valence-corrected chi connectivity index (χ4v) is 2.67. The number of fused-ring (bicyclic) bond motifs is 1. The number of aldehydes is 1. The number of aromatic nitrogens is 1. The van der Waals surface area contributed by atoms with Crippen molar-refractivity contribution in [3.8, 4) is 0 Å². The number of hydrogen-bond donors (Lipinski definition) is 2. The summed E-state index contributed by atoms with van der Waals surface area (Å²) in [4.78, 5) is 16.0. The predicted octanol–water partition coefficient (Wildman–Crippen LogP) is 3.78. The molecule has 0 amide bonds. The highest BCUT2D eigenvalue weighted by Crippen LogP contribution is 2.25. The molecule has 4 nitrogen and oxygen atoms in total. The van der Waals surface area contributed by atoms with Crippen LogP contribution in [0.1, 0.15) is 10.4 Å². The fourth-order valence-electron chi connectivity index (χ4n) is 1.94. The summed E-state index contributed by atoms with van der Waals surface area (Å²) in [7, 11) is 1.00. The van der Waals surface area contributed by atoms with Crippen LogP contribution in [-0.2, 0) is 0 Å². The van der Waals surface area contributed by atoms with Crippen molar-refractivity contribution in [1.29, 1.82) is 0 Å². The van der Waals surface area contributed by atoms with E-state index in [2.05, 4.69) is 40.0 Å². The van der Waals surface area contributed by atoms with E-state index in [-0.39, 0.29) is 0 Å². The number of nitrogens with one attached hydrogen (secondary N) is 1. The number of aliphatic hydroxyl groups is 1. The lowest BCUT2D eigenvalue weighted by atomic mass is 10.1. The zero-order valence-corrected chi connectivity index (χ0v) is 12.9. The standard InChI is InChI=1S/C16H12N2OS.CH4O/c19-11-14-10-17-8-7-16(14)18-20-15-6-5-12-3-1-2-4-13(12)9-15;1-2/h1-11H,(H,17,18);2H,1H3. The van der Waals surface area contributed by atoms with Crippen LogP contribution >= 0.6 is 11.9 Å². The first-order valence-corrected chi connectivity index (χ1v) is 7.44. The lowest BCUT2D eigenvalue weighted by molar-refractivity contribution is 0.112. The number of carbonyl (C=O) groups is 1. The van der Waals surface area contributed by atoms with Crippen LogP contribution in [-0.4, -0.2) is 23.5 Å². The molecule has 1 heterocycles. The van der Waals surface area contributed by atoms with Crippen LogP contribution in [0.15, 0.2) is 65.8 Å². The number of rotatable bonds is 4. The Bertz CT molecular complexity index is 762. The maximum Gasteiger partial charge on any atom is 0.153 e. The number of anilines is 1. The van der Waals surface area contributed by atoms with Gasteiger partial charge in [-0.25, -0.2) is 0 Å². The van der Waals surface area contributed by atoms with E-state index in [1.165, 1.54) is 22.7 Å². The molecule has 0 unspecified atom stereocenters. The second kappa shape index (κ2) is 8.17. The van der Waals surface area contributed by atoms with Gasteiger partial charge >= 0.3 is 0 Å². The lowest BCUT2D eigenvalue weighted by Crippen LogP contribution is -1.93. The molecule has 2 aromatic carbocycles. The summed E-state index contributed by atoms with van der Waals surface area (Å²) in [6, 6.07) is 16.3. The monoisotopic (exact) mass is 312 g/mol. The first-order valence-electron chi connectivity index (χ1n) is 6.62. The van der Waals surface area contributed by atoms with Crippen LogP contribution in [0.3, 0.4) is 0 Å². The molecule has 0 atom stereocenters. The van der Waals surface area contributed by atoms with Crippen molar-refractivity contribution >= 4 is 34.7 Å². The van der Waals surface area contributed by atoms with Crippen LogP contribution in [0.2, 0.25) is 0 Å². The number of pyridine rings is 1. The topological polar surface area (TPSA) is 62.2 Å². The van der Waals surface area contributed by atoms with E-state index in [9.17, 15) is 4.79 Å². The van der Waals surface area contributed by atoms with Crippen molar-refractivity contribution in [1.82, 2.24) is 4.98 Å². The molecule has 0 aliphatic carbocycles. The zero-order chi connectivity index (χ0) is 15.8. The minimum absolute atomic E-state index is 0.556. The van der Waals surface area contributed by atoms with Crippen molar-refractivity contribution in [2.45, 2.75) is 4.90 Å². The first kappa shape index (κ1) is 16.0. The minimum Gasteiger partial charge on any atom is -0.400 e. The van der Waals surface area contributed by atoms with Gasteiger partial charge in [0.15, 0.2) is 6.29 Å². The van der Waals surface area contributed by atoms with Crippen molar-refractivity contribution in [2.75, 3.05) is 11.8 Å². The Labute approximate surface area is 133 Å². The van der Waals surface area contributed by atoms with Crippen molar-refractivity contribution in [3.63, 3.8) is 0 Å². The third kappa shape index (κ3) is 3.84. The molecule has 0 bridgehead atoms. The highest BCUT2D eigenvalue weighted by molar-refractivity contribution is 8.00. The summed E-state index contributed by atoms with van der Waals surface area (Å²) in [6.45, 7) is 0. The number of carbonyl (C=O) groups excluding carboxylic acids is 1. The number of hydrogen-bond acceptors (Lipinski definition) is 5. The second-order valence-corrected chi connectivity index (χ2v) is 5.17. The Hall–Kier alpha value is -2.37. The average Bonchev–Trinajstić information content (AvgIpc) is 2.61. The number of benzene rings is 2. The van der Waals surface area contributed by atoms with Gasteiger partial charge in [0, 0.05) is 24.4 Å². The molecule has 0 saturated heterocycles. The predicted molar refractivity (Wildman–Crippen MR) is 91.2 cm³/mol. The SMILES string of the molecule is CO.O=Cc1cnccc1NSc1ccc2ccccc2c1.